The maximum absolute atomic E-state index is 14.0. The molecule has 3 saturated carbocycles. The molecule has 3 heterocycles. The van der Waals surface area contributed by atoms with Crippen LogP contribution < -0.4 is 0 Å². The molecule has 0 unspecified atom stereocenters. The van der Waals surface area contributed by atoms with E-state index in [0.717, 1.165) is 38.6 Å². The van der Waals surface area contributed by atoms with Gasteiger partial charge in [0.05, 0.1) is 18.1 Å². The van der Waals surface area contributed by atoms with Crippen LogP contribution in [-0.2, 0) is 14.3 Å². The van der Waals surface area contributed by atoms with Crippen molar-refractivity contribution < 1.29 is 19.4 Å². The number of Topliss-reactive ketones (excluding diaryl/α,β-unsaturated/α-hetero) is 2. The molecule has 4 aliphatic carbocycles. The molecule has 7 aliphatic rings. The van der Waals surface area contributed by atoms with Gasteiger partial charge in [-0.05, 0) is 73.0 Å². The van der Waals surface area contributed by atoms with Crippen LogP contribution in [0.5, 0.6) is 0 Å². The van der Waals surface area contributed by atoms with E-state index >= 15 is 0 Å². The van der Waals surface area contributed by atoms with Gasteiger partial charge in [0.25, 0.3) is 0 Å². The number of hydrogen-bond donors (Lipinski definition) is 1. The van der Waals surface area contributed by atoms with Crippen molar-refractivity contribution in [3.63, 3.8) is 0 Å². The van der Waals surface area contributed by atoms with Gasteiger partial charge >= 0.3 is 0 Å². The molecule has 6 fully saturated rings. The lowest BCUT2D eigenvalue weighted by atomic mass is 9.33. The van der Waals surface area contributed by atoms with E-state index in [1.807, 2.05) is 6.08 Å². The highest BCUT2D eigenvalue weighted by molar-refractivity contribution is 5.89. The monoisotopic (exact) mass is 467 g/mol. The van der Waals surface area contributed by atoms with E-state index in [-0.39, 0.29) is 46.0 Å². The van der Waals surface area contributed by atoms with E-state index in [9.17, 15) is 14.7 Å². The Balaban J connectivity index is 1.41. The van der Waals surface area contributed by atoms with Gasteiger partial charge in [0.15, 0.2) is 0 Å². The molecule has 3 aliphatic heterocycles. The molecule has 7 rings (SSSR count). The average Bonchev–Trinajstić information content (AvgIpc) is 3.00. The van der Waals surface area contributed by atoms with Crippen molar-refractivity contribution in [3.8, 4) is 0 Å². The molecule has 5 heteroatoms. The zero-order valence-electron chi connectivity index (χ0n) is 21.5. The van der Waals surface area contributed by atoms with Gasteiger partial charge in [-0.15, -0.1) is 0 Å². The highest BCUT2D eigenvalue weighted by Crippen LogP contribution is 2.75. The summed E-state index contributed by atoms with van der Waals surface area (Å²) in [7, 11) is 0. The van der Waals surface area contributed by atoms with Crippen molar-refractivity contribution >= 4 is 11.6 Å². The Morgan fingerprint density at radius 3 is 2.59 bits per heavy atom. The Morgan fingerprint density at radius 2 is 1.82 bits per heavy atom. The van der Waals surface area contributed by atoms with Crippen LogP contribution in [0.4, 0.5) is 0 Å². The number of aliphatic hydroxyl groups is 1. The zero-order valence-corrected chi connectivity index (χ0v) is 21.5. The summed E-state index contributed by atoms with van der Waals surface area (Å²) in [5.41, 5.74) is 0.170. The third kappa shape index (κ3) is 2.34. The minimum atomic E-state index is -0.535. The number of allylic oxidation sites excluding steroid dienone is 1. The summed E-state index contributed by atoms with van der Waals surface area (Å²) < 4.78 is 6.80. The highest BCUT2D eigenvalue weighted by atomic mass is 16.5. The number of hydrogen-bond acceptors (Lipinski definition) is 5. The van der Waals surface area contributed by atoms with Gasteiger partial charge in [0.1, 0.15) is 17.3 Å². The lowest BCUT2D eigenvalue weighted by Crippen LogP contribution is -2.78. The summed E-state index contributed by atoms with van der Waals surface area (Å²) in [6, 6.07) is 0.313. The van der Waals surface area contributed by atoms with Crippen molar-refractivity contribution in [1.29, 1.82) is 0 Å². The largest absolute Gasteiger partial charge is 0.389 e. The van der Waals surface area contributed by atoms with Crippen LogP contribution in [0.2, 0.25) is 0 Å². The fraction of sp³-hybridized carbons (Fsp3) is 0.862. The Hall–Kier alpha value is -1.04. The SMILES string of the molecule is CC1=C[C@H](O)[C@H]2CC(=O)[C@H]3[C@@](C)(C[C@H]4N5C[C@H]6C[C@H](C)C[C@@]5(O6)[C@@H]5C[C@@]4(C)[C@@]3(C)CC5=O)[C@@H]2C1. The molecule has 1 N–H and O–H groups in total. The van der Waals surface area contributed by atoms with Gasteiger partial charge in [-0.25, -0.2) is 0 Å². The average molecular weight is 468 g/mol. The maximum Gasteiger partial charge on any atom is 0.140 e. The first-order chi connectivity index (χ1) is 15.9. The van der Waals surface area contributed by atoms with Gasteiger partial charge in [0.2, 0.25) is 0 Å². The Bertz CT molecular complexity index is 1020. The van der Waals surface area contributed by atoms with Crippen molar-refractivity contribution in [2.45, 2.75) is 104 Å². The number of fused-ring (bicyclic) bond motifs is 7. The van der Waals surface area contributed by atoms with Gasteiger partial charge in [0, 0.05) is 31.3 Å². The van der Waals surface area contributed by atoms with Crippen molar-refractivity contribution in [2.75, 3.05) is 6.54 Å². The lowest BCUT2D eigenvalue weighted by Gasteiger charge is -2.74. The number of ether oxygens (including phenoxy) is 1. The fourth-order valence-corrected chi connectivity index (χ4v) is 11.3. The van der Waals surface area contributed by atoms with Crippen LogP contribution >= 0.6 is 0 Å². The first-order valence-electron chi connectivity index (χ1n) is 13.8. The van der Waals surface area contributed by atoms with Gasteiger partial charge in [-0.2, -0.15) is 0 Å². The molecule has 0 aromatic rings. The topological polar surface area (TPSA) is 66.8 Å². The van der Waals surface area contributed by atoms with Crippen LogP contribution in [0.25, 0.3) is 0 Å². The molecule has 3 saturated heterocycles. The molecule has 186 valence electrons. The van der Waals surface area contributed by atoms with Crippen LogP contribution in [0, 0.1) is 45.8 Å². The van der Waals surface area contributed by atoms with E-state index < -0.39 is 11.8 Å². The summed E-state index contributed by atoms with van der Waals surface area (Å²) >= 11 is 0. The van der Waals surface area contributed by atoms with Crippen molar-refractivity contribution in [1.82, 2.24) is 4.90 Å². The molecule has 0 aromatic carbocycles. The smallest absolute Gasteiger partial charge is 0.140 e. The fourth-order valence-electron chi connectivity index (χ4n) is 11.3. The normalized spacial score (nSPS) is 60.2. The molecule has 12 atom stereocenters. The van der Waals surface area contributed by atoms with E-state index in [1.54, 1.807) is 0 Å². The number of rotatable bonds is 0. The molecule has 0 radical (unpaired) electrons. The van der Waals surface area contributed by atoms with E-state index in [2.05, 4.69) is 39.5 Å². The van der Waals surface area contributed by atoms with Crippen LogP contribution in [0.15, 0.2) is 11.6 Å². The lowest BCUT2D eigenvalue weighted by molar-refractivity contribution is -0.291. The Morgan fingerprint density at radius 1 is 1.06 bits per heavy atom. The molecule has 1 spiro atoms. The Kier molecular flexibility index (Phi) is 4.20. The summed E-state index contributed by atoms with van der Waals surface area (Å²) in [4.78, 5) is 30.7. The van der Waals surface area contributed by atoms with E-state index in [4.69, 9.17) is 4.74 Å². The summed E-state index contributed by atoms with van der Waals surface area (Å²) in [5.74, 6) is 1.32. The molecular formula is C29H41NO4. The molecule has 0 amide bonds. The minimum absolute atomic E-state index is 0.00377. The molecule has 0 aromatic heterocycles. The highest BCUT2D eigenvalue weighted by Gasteiger charge is 2.78. The number of carbonyl (C=O) groups excluding carboxylic acids is 2. The standard InChI is InChI=1S/C29H41NO4/c1-15-7-19-18(21(31)8-15)9-22(32)25-26(19,3)13-24-27(4)11-20(23(33)12-28(25,27)5)29-10-16(2)6-17(34-29)14-30(24)29/h8,16-21,24-25,31H,6-7,9-14H2,1-5H3/t16-,17+,18-,19+,20+,21-,24+,25-,26-,27+,28-,29+/m0/s1. The number of ketones is 2. The number of aliphatic hydroxyl groups excluding tert-OH is 1. The van der Waals surface area contributed by atoms with E-state index in [0.29, 0.717) is 36.4 Å². The first-order valence-corrected chi connectivity index (χ1v) is 13.8. The third-order valence-electron chi connectivity index (χ3n) is 12.6. The van der Waals surface area contributed by atoms with Crippen LogP contribution in [0.3, 0.4) is 0 Å². The minimum Gasteiger partial charge on any atom is -0.389 e. The molecule has 4 bridgehead atoms. The Labute approximate surface area is 203 Å². The van der Waals surface area contributed by atoms with Crippen LogP contribution in [-0.4, -0.2) is 52.1 Å². The predicted molar refractivity (Wildman–Crippen MR) is 128 cm³/mol. The summed E-state index contributed by atoms with van der Waals surface area (Å²) in [6.07, 6.45) is 7.46. The molecular weight excluding hydrogens is 426 g/mol. The molecule has 5 nitrogen and oxygen atoms in total. The van der Waals surface area contributed by atoms with Crippen LogP contribution in [0.1, 0.15) is 79.6 Å². The first kappa shape index (κ1) is 22.2. The summed E-state index contributed by atoms with van der Waals surface area (Å²) in [5, 5.41) is 11.0. The van der Waals surface area contributed by atoms with Gasteiger partial charge in [-0.3, -0.25) is 14.5 Å². The zero-order chi connectivity index (χ0) is 24.0. The van der Waals surface area contributed by atoms with Crippen molar-refractivity contribution in [3.05, 3.63) is 11.6 Å². The van der Waals surface area contributed by atoms with Crippen molar-refractivity contribution in [2.24, 2.45) is 45.8 Å². The predicted octanol–water partition coefficient (Wildman–Crippen LogP) is 4.13. The maximum atomic E-state index is 14.0. The third-order valence-corrected chi connectivity index (χ3v) is 12.6. The number of nitrogens with zero attached hydrogens (tertiary/aromatic N) is 1. The quantitative estimate of drug-likeness (QED) is 0.543. The summed E-state index contributed by atoms with van der Waals surface area (Å²) in [6.45, 7) is 12.4. The van der Waals surface area contributed by atoms with E-state index in [1.165, 1.54) is 5.57 Å². The number of piperidine rings is 1. The second-order valence-electron chi connectivity index (χ2n) is 14.3. The second-order valence-corrected chi connectivity index (χ2v) is 14.3. The number of carbonyl (C=O) groups is 2. The van der Waals surface area contributed by atoms with Gasteiger partial charge in [-0.1, -0.05) is 39.3 Å². The molecule has 34 heavy (non-hydrogen) atoms. The second kappa shape index (κ2) is 6.44. The van der Waals surface area contributed by atoms with Gasteiger partial charge < -0.3 is 9.84 Å².